The van der Waals surface area contributed by atoms with E-state index >= 15 is 0 Å². The number of fused-ring (bicyclic) bond motifs is 1. The lowest BCUT2D eigenvalue weighted by molar-refractivity contribution is -0.116. The molecule has 1 saturated carbocycles. The van der Waals surface area contributed by atoms with Gasteiger partial charge in [-0.3, -0.25) is 4.79 Å². The topological polar surface area (TPSA) is 64.4 Å². The summed E-state index contributed by atoms with van der Waals surface area (Å²) in [5, 5.41) is 2.93. The van der Waals surface area contributed by atoms with Crippen LogP contribution < -0.4 is 5.32 Å². The van der Waals surface area contributed by atoms with Crippen LogP contribution >= 0.6 is 0 Å². The van der Waals surface area contributed by atoms with Crippen molar-refractivity contribution in [3.05, 3.63) is 24.1 Å². The minimum atomic E-state index is 0.0248. The summed E-state index contributed by atoms with van der Waals surface area (Å²) in [4.78, 5) is 16.5. The van der Waals surface area contributed by atoms with Crippen LogP contribution in [0.3, 0.4) is 0 Å². The second kappa shape index (κ2) is 5.72. The molecule has 2 fully saturated rings. The fourth-order valence-corrected chi connectivity index (χ4v) is 2.91. The highest BCUT2D eigenvalue weighted by molar-refractivity contribution is 5.92. The number of anilines is 1. The summed E-state index contributed by atoms with van der Waals surface area (Å²) in [5.41, 5.74) is 2.38. The molecule has 2 heterocycles. The van der Waals surface area contributed by atoms with E-state index in [1.54, 1.807) is 0 Å². The van der Waals surface area contributed by atoms with E-state index in [4.69, 9.17) is 9.15 Å². The van der Waals surface area contributed by atoms with Gasteiger partial charge in [-0.1, -0.05) is 0 Å². The molecule has 0 bridgehead atoms. The zero-order chi connectivity index (χ0) is 14.9. The summed E-state index contributed by atoms with van der Waals surface area (Å²) in [5.74, 6) is 1.35. The van der Waals surface area contributed by atoms with Gasteiger partial charge in [0.1, 0.15) is 5.52 Å². The third-order valence-corrected chi connectivity index (χ3v) is 4.33. The molecule has 0 radical (unpaired) electrons. The normalized spacial score (nSPS) is 21.4. The molecule has 116 valence electrons. The van der Waals surface area contributed by atoms with Crippen LogP contribution in [0, 0.1) is 0 Å². The van der Waals surface area contributed by atoms with E-state index in [1.165, 1.54) is 12.8 Å². The van der Waals surface area contributed by atoms with Crippen molar-refractivity contribution in [1.29, 1.82) is 0 Å². The zero-order valence-electron chi connectivity index (χ0n) is 12.5. The average Bonchev–Trinajstić information content (AvgIpc) is 3.08. The van der Waals surface area contributed by atoms with Crippen LogP contribution in [0.1, 0.15) is 50.3 Å². The number of hydrogen-bond donors (Lipinski definition) is 1. The van der Waals surface area contributed by atoms with Crippen molar-refractivity contribution in [2.24, 2.45) is 0 Å². The Morgan fingerprint density at radius 2 is 2.23 bits per heavy atom. The maximum absolute atomic E-state index is 12.0. The van der Waals surface area contributed by atoms with E-state index in [9.17, 15) is 4.79 Å². The number of carbonyl (C=O) groups is 1. The van der Waals surface area contributed by atoms with Crippen LogP contribution in [0.25, 0.3) is 11.1 Å². The predicted octanol–water partition coefficient (Wildman–Crippen LogP) is 3.60. The second-order valence-electron chi connectivity index (χ2n) is 6.23. The lowest BCUT2D eigenvalue weighted by atomic mass is 10.1. The largest absolute Gasteiger partial charge is 0.440 e. The third kappa shape index (κ3) is 2.99. The van der Waals surface area contributed by atoms with Gasteiger partial charge in [0.05, 0.1) is 6.10 Å². The van der Waals surface area contributed by atoms with Crippen LogP contribution in [0.2, 0.25) is 0 Å². The molecule has 1 aromatic carbocycles. The Hall–Kier alpha value is -1.88. The van der Waals surface area contributed by atoms with Gasteiger partial charge < -0.3 is 14.5 Å². The molecule has 1 aliphatic heterocycles. The number of nitrogens with one attached hydrogen (secondary N) is 1. The molecule has 5 heteroatoms. The van der Waals surface area contributed by atoms with Gasteiger partial charge in [-0.25, -0.2) is 4.98 Å². The van der Waals surface area contributed by atoms with E-state index in [0.29, 0.717) is 12.3 Å². The lowest BCUT2D eigenvalue weighted by Gasteiger charge is -2.09. The molecule has 4 rings (SSSR count). The van der Waals surface area contributed by atoms with E-state index in [2.05, 4.69) is 10.3 Å². The van der Waals surface area contributed by atoms with Crippen LogP contribution in [0.5, 0.6) is 0 Å². The smallest absolute Gasteiger partial charge is 0.224 e. The monoisotopic (exact) mass is 300 g/mol. The van der Waals surface area contributed by atoms with Gasteiger partial charge in [0.2, 0.25) is 5.91 Å². The number of rotatable bonds is 5. The van der Waals surface area contributed by atoms with E-state index in [1.807, 2.05) is 18.2 Å². The molecule has 1 saturated heterocycles. The van der Waals surface area contributed by atoms with Gasteiger partial charge in [0.25, 0.3) is 0 Å². The molecule has 1 aromatic heterocycles. The number of carbonyl (C=O) groups excluding carboxylic acids is 1. The first-order chi connectivity index (χ1) is 10.8. The van der Waals surface area contributed by atoms with Crippen LogP contribution in [-0.4, -0.2) is 23.6 Å². The van der Waals surface area contributed by atoms with Crippen molar-refractivity contribution in [3.8, 4) is 0 Å². The van der Waals surface area contributed by atoms with Crippen molar-refractivity contribution >= 4 is 22.7 Å². The molecular formula is C17H20N2O3. The van der Waals surface area contributed by atoms with Gasteiger partial charge in [-0.2, -0.15) is 0 Å². The summed E-state index contributed by atoms with van der Waals surface area (Å²) < 4.78 is 11.3. The summed E-state index contributed by atoms with van der Waals surface area (Å²) in [6, 6.07) is 5.64. The SMILES string of the molecule is O=C(CC[C@@H]1CCCO1)Nc1ccc2nc(C3CC3)oc2c1. The quantitative estimate of drug-likeness (QED) is 0.916. The lowest BCUT2D eigenvalue weighted by Crippen LogP contribution is -2.15. The molecule has 1 N–H and O–H groups in total. The minimum Gasteiger partial charge on any atom is -0.440 e. The van der Waals surface area contributed by atoms with Gasteiger partial charge in [-0.05, 0) is 44.2 Å². The zero-order valence-corrected chi connectivity index (χ0v) is 12.5. The Balaban J connectivity index is 1.38. The summed E-state index contributed by atoms with van der Waals surface area (Å²) in [6.45, 7) is 0.831. The predicted molar refractivity (Wildman–Crippen MR) is 82.8 cm³/mol. The summed E-state index contributed by atoms with van der Waals surface area (Å²) in [6.07, 6.45) is 6.05. The van der Waals surface area contributed by atoms with Gasteiger partial charge in [0, 0.05) is 30.7 Å². The molecule has 1 amide bonds. The Kier molecular flexibility index (Phi) is 3.58. The van der Waals surface area contributed by atoms with Gasteiger partial charge >= 0.3 is 0 Å². The summed E-state index contributed by atoms with van der Waals surface area (Å²) in [7, 11) is 0. The van der Waals surface area contributed by atoms with Crippen molar-refractivity contribution in [2.75, 3.05) is 11.9 Å². The first-order valence-corrected chi connectivity index (χ1v) is 8.10. The highest BCUT2D eigenvalue weighted by Crippen LogP contribution is 2.40. The molecule has 2 aromatic rings. The number of oxazole rings is 1. The average molecular weight is 300 g/mol. The Morgan fingerprint density at radius 1 is 1.32 bits per heavy atom. The standard InChI is InChI=1S/C17H20N2O3/c20-16(8-6-13-2-1-9-21-13)18-12-5-7-14-15(10-12)22-17(19-14)11-3-4-11/h5,7,10-11,13H,1-4,6,8-9H2,(H,18,20)/t13-/m0/s1. The maximum Gasteiger partial charge on any atom is 0.224 e. The molecular weight excluding hydrogens is 280 g/mol. The van der Waals surface area contributed by atoms with Crippen molar-refractivity contribution in [3.63, 3.8) is 0 Å². The number of benzene rings is 1. The number of ether oxygens (including phenoxy) is 1. The third-order valence-electron chi connectivity index (χ3n) is 4.33. The van der Waals surface area contributed by atoms with E-state index in [0.717, 1.165) is 48.5 Å². The number of hydrogen-bond acceptors (Lipinski definition) is 4. The van der Waals surface area contributed by atoms with Crippen molar-refractivity contribution in [2.45, 2.75) is 50.5 Å². The molecule has 0 spiro atoms. The number of aromatic nitrogens is 1. The maximum atomic E-state index is 12.0. The molecule has 1 aliphatic carbocycles. The Morgan fingerprint density at radius 3 is 3.00 bits per heavy atom. The van der Waals surface area contributed by atoms with Gasteiger partial charge in [0.15, 0.2) is 11.5 Å². The molecule has 22 heavy (non-hydrogen) atoms. The van der Waals surface area contributed by atoms with Crippen LogP contribution in [0.15, 0.2) is 22.6 Å². The first kappa shape index (κ1) is 13.8. The molecule has 2 aliphatic rings. The van der Waals surface area contributed by atoms with E-state index < -0.39 is 0 Å². The van der Waals surface area contributed by atoms with Crippen molar-refractivity contribution in [1.82, 2.24) is 4.98 Å². The van der Waals surface area contributed by atoms with Crippen molar-refractivity contribution < 1.29 is 13.9 Å². The number of nitrogens with zero attached hydrogens (tertiary/aromatic N) is 1. The second-order valence-corrected chi connectivity index (χ2v) is 6.23. The Bertz CT molecular complexity index is 684. The highest BCUT2D eigenvalue weighted by atomic mass is 16.5. The first-order valence-electron chi connectivity index (χ1n) is 8.10. The van der Waals surface area contributed by atoms with E-state index in [-0.39, 0.29) is 12.0 Å². The van der Waals surface area contributed by atoms with Gasteiger partial charge in [-0.15, -0.1) is 0 Å². The molecule has 5 nitrogen and oxygen atoms in total. The number of amides is 1. The van der Waals surface area contributed by atoms with Crippen LogP contribution in [-0.2, 0) is 9.53 Å². The highest BCUT2D eigenvalue weighted by Gasteiger charge is 2.28. The molecule has 0 unspecified atom stereocenters. The fourth-order valence-electron chi connectivity index (χ4n) is 2.91. The molecule has 1 atom stereocenters. The fraction of sp³-hybridized carbons (Fsp3) is 0.529. The Labute approximate surface area is 129 Å². The summed E-state index contributed by atoms with van der Waals surface area (Å²) >= 11 is 0. The minimum absolute atomic E-state index is 0.0248. The van der Waals surface area contributed by atoms with Crippen LogP contribution in [0.4, 0.5) is 5.69 Å².